The van der Waals surface area contributed by atoms with Crippen LogP contribution in [-0.2, 0) is 20.9 Å². The maximum absolute atomic E-state index is 12.1. The average Bonchev–Trinajstić information content (AvgIpc) is 3.29. The highest BCUT2D eigenvalue weighted by Crippen LogP contribution is 2.22. The standard InChI is InChI=1S/C22H18Cl2N4O5/c23-15-8-16(24)10-17(9-15)27-20(29)13-33-18-4-1-3-14(7-18)11-26-28-22(31)21(30)25-12-19-5-2-6-32-19/h1-11H,12-13H2,(H,25,30)(H,27,29)(H,28,31)/b26-11-. The first-order valence-electron chi connectivity index (χ1n) is 9.51. The second-order valence-corrected chi connectivity index (χ2v) is 7.40. The van der Waals surface area contributed by atoms with Crippen LogP contribution < -0.4 is 20.8 Å². The third kappa shape index (κ3) is 7.99. The number of nitrogens with zero attached hydrogens (tertiary/aromatic N) is 1. The molecule has 3 N–H and O–H groups in total. The summed E-state index contributed by atoms with van der Waals surface area (Å²) in [5.74, 6) is -1.27. The molecule has 0 atom stereocenters. The van der Waals surface area contributed by atoms with Crippen LogP contribution in [0.4, 0.5) is 5.69 Å². The third-order valence-corrected chi connectivity index (χ3v) is 4.40. The predicted octanol–water partition coefficient (Wildman–Crippen LogP) is 3.37. The van der Waals surface area contributed by atoms with Crippen molar-refractivity contribution in [2.45, 2.75) is 6.54 Å². The number of benzene rings is 2. The van der Waals surface area contributed by atoms with Crippen LogP contribution in [0.5, 0.6) is 5.75 Å². The molecule has 0 radical (unpaired) electrons. The van der Waals surface area contributed by atoms with E-state index in [-0.39, 0.29) is 13.2 Å². The van der Waals surface area contributed by atoms with Crippen molar-refractivity contribution in [3.8, 4) is 5.75 Å². The Hall–Kier alpha value is -3.82. The fourth-order valence-corrected chi connectivity index (χ4v) is 3.06. The second-order valence-electron chi connectivity index (χ2n) is 6.53. The van der Waals surface area contributed by atoms with E-state index in [0.717, 1.165) is 0 Å². The average molecular weight is 489 g/mol. The number of carbonyl (C=O) groups excluding carboxylic acids is 3. The van der Waals surface area contributed by atoms with E-state index in [1.54, 1.807) is 54.6 Å². The summed E-state index contributed by atoms with van der Waals surface area (Å²) in [6.45, 7) is -0.169. The number of anilines is 1. The first-order chi connectivity index (χ1) is 15.9. The highest BCUT2D eigenvalue weighted by atomic mass is 35.5. The first-order valence-corrected chi connectivity index (χ1v) is 10.3. The molecule has 0 saturated heterocycles. The van der Waals surface area contributed by atoms with Crippen molar-refractivity contribution in [3.05, 3.63) is 82.2 Å². The number of amides is 3. The van der Waals surface area contributed by atoms with Crippen molar-refractivity contribution in [2.75, 3.05) is 11.9 Å². The molecule has 0 unspecified atom stereocenters. The van der Waals surface area contributed by atoms with Gasteiger partial charge in [0.05, 0.1) is 19.0 Å². The smallest absolute Gasteiger partial charge is 0.329 e. The number of hydrogen-bond acceptors (Lipinski definition) is 6. The van der Waals surface area contributed by atoms with Crippen molar-refractivity contribution >= 4 is 52.8 Å². The van der Waals surface area contributed by atoms with Gasteiger partial charge >= 0.3 is 11.8 Å². The summed E-state index contributed by atoms with van der Waals surface area (Å²) in [6.07, 6.45) is 2.80. The summed E-state index contributed by atoms with van der Waals surface area (Å²) in [7, 11) is 0. The van der Waals surface area contributed by atoms with Crippen molar-refractivity contribution in [1.29, 1.82) is 0 Å². The number of hydrazone groups is 1. The Labute approximate surface area is 198 Å². The number of furan rings is 1. The van der Waals surface area contributed by atoms with Gasteiger partial charge in [-0.2, -0.15) is 5.10 Å². The Morgan fingerprint density at radius 2 is 1.79 bits per heavy atom. The molecule has 3 amide bonds. The predicted molar refractivity (Wildman–Crippen MR) is 123 cm³/mol. The van der Waals surface area contributed by atoms with Gasteiger partial charge in [-0.15, -0.1) is 0 Å². The normalized spacial score (nSPS) is 10.6. The van der Waals surface area contributed by atoms with E-state index in [1.165, 1.54) is 12.5 Å². The number of halogens is 2. The maximum atomic E-state index is 12.1. The van der Waals surface area contributed by atoms with E-state index >= 15 is 0 Å². The van der Waals surface area contributed by atoms with Gasteiger partial charge in [-0.1, -0.05) is 35.3 Å². The van der Waals surface area contributed by atoms with Crippen molar-refractivity contribution < 1.29 is 23.5 Å². The third-order valence-electron chi connectivity index (χ3n) is 3.96. The molecule has 11 heteroatoms. The molecule has 0 spiro atoms. The lowest BCUT2D eigenvalue weighted by Gasteiger charge is -2.08. The van der Waals surface area contributed by atoms with Crippen LogP contribution in [0.15, 0.2) is 70.4 Å². The molecule has 33 heavy (non-hydrogen) atoms. The number of nitrogens with one attached hydrogen (secondary N) is 3. The summed E-state index contributed by atoms with van der Waals surface area (Å²) in [5, 5.41) is 9.58. The SMILES string of the molecule is O=C(COc1cccc(/C=N\NC(=O)C(=O)NCc2ccco2)c1)Nc1cc(Cl)cc(Cl)c1. The second kappa shape index (κ2) is 11.7. The molecular weight excluding hydrogens is 471 g/mol. The lowest BCUT2D eigenvalue weighted by Crippen LogP contribution is -2.37. The Kier molecular flexibility index (Phi) is 8.45. The van der Waals surface area contributed by atoms with Gasteiger partial charge in [-0.3, -0.25) is 14.4 Å². The zero-order valence-electron chi connectivity index (χ0n) is 17.0. The largest absolute Gasteiger partial charge is 0.484 e. The minimum atomic E-state index is -0.928. The molecular formula is C22H18Cl2N4O5. The Morgan fingerprint density at radius 3 is 2.52 bits per heavy atom. The van der Waals surface area contributed by atoms with Gasteiger partial charge in [0.2, 0.25) is 0 Å². The lowest BCUT2D eigenvalue weighted by molar-refractivity contribution is -0.139. The molecule has 0 bridgehead atoms. The molecule has 0 aliphatic carbocycles. The van der Waals surface area contributed by atoms with Crippen LogP contribution in [-0.4, -0.2) is 30.5 Å². The molecule has 1 aromatic heterocycles. The van der Waals surface area contributed by atoms with Crippen LogP contribution >= 0.6 is 23.2 Å². The highest BCUT2D eigenvalue weighted by Gasteiger charge is 2.12. The maximum Gasteiger partial charge on any atom is 0.329 e. The molecule has 0 saturated carbocycles. The monoisotopic (exact) mass is 488 g/mol. The molecule has 2 aromatic carbocycles. The minimum absolute atomic E-state index is 0.0836. The van der Waals surface area contributed by atoms with E-state index in [0.29, 0.717) is 32.8 Å². The van der Waals surface area contributed by atoms with Crippen LogP contribution in [0.2, 0.25) is 10.0 Å². The van der Waals surface area contributed by atoms with Crippen LogP contribution in [0.3, 0.4) is 0 Å². The van der Waals surface area contributed by atoms with Gasteiger partial charge < -0.3 is 19.8 Å². The van der Waals surface area contributed by atoms with E-state index in [1.807, 2.05) is 0 Å². The van der Waals surface area contributed by atoms with E-state index in [2.05, 4.69) is 21.2 Å². The summed E-state index contributed by atoms with van der Waals surface area (Å²) >= 11 is 11.8. The lowest BCUT2D eigenvalue weighted by atomic mass is 10.2. The van der Waals surface area contributed by atoms with Crippen LogP contribution in [0.25, 0.3) is 0 Å². The fourth-order valence-electron chi connectivity index (χ4n) is 2.53. The minimum Gasteiger partial charge on any atom is -0.484 e. The molecule has 0 fully saturated rings. The number of hydrogen-bond donors (Lipinski definition) is 3. The van der Waals surface area contributed by atoms with Gasteiger partial charge in [-0.05, 0) is 48.0 Å². The van der Waals surface area contributed by atoms with E-state index < -0.39 is 17.7 Å². The molecule has 170 valence electrons. The first kappa shape index (κ1) is 23.8. The number of ether oxygens (including phenoxy) is 1. The van der Waals surface area contributed by atoms with E-state index in [9.17, 15) is 14.4 Å². The van der Waals surface area contributed by atoms with Gasteiger partial charge in [0, 0.05) is 15.7 Å². The summed E-state index contributed by atoms with van der Waals surface area (Å²) in [4.78, 5) is 35.6. The number of carbonyl (C=O) groups is 3. The zero-order valence-corrected chi connectivity index (χ0v) is 18.5. The van der Waals surface area contributed by atoms with Gasteiger partial charge in [-0.25, -0.2) is 5.43 Å². The Balaban J connectivity index is 1.45. The zero-order chi connectivity index (χ0) is 23.6. The summed E-state index contributed by atoms with van der Waals surface area (Å²) in [6, 6.07) is 14.7. The summed E-state index contributed by atoms with van der Waals surface area (Å²) < 4.78 is 10.5. The van der Waals surface area contributed by atoms with Crippen molar-refractivity contribution in [1.82, 2.24) is 10.7 Å². The fraction of sp³-hybridized carbons (Fsp3) is 0.0909. The molecule has 0 aliphatic heterocycles. The Bertz CT molecular complexity index is 1150. The molecule has 1 heterocycles. The highest BCUT2D eigenvalue weighted by molar-refractivity contribution is 6.35. The Morgan fingerprint density at radius 1 is 1.00 bits per heavy atom. The van der Waals surface area contributed by atoms with Crippen LogP contribution in [0.1, 0.15) is 11.3 Å². The van der Waals surface area contributed by atoms with Crippen molar-refractivity contribution in [2.24, 2.45) is 5.10 Å². The quantitative estimate of drug-likeness (QED) is 0.255. The van der Waals surface area contributed by atoms with Crippen molar-refractivity contribution in [3.63, 3.8) is 0 Å². The molecule has 3 rings (SSSR count). The molecule has 9 nitrogen and oxygen atoms in total. The summed E-state index contributed by atoms with van der Waals surface area (Å²) in [5.41, 5.74) is 3.15. The van der Waals surface area contributed by atoms with Crippen LogP contribution in [0, 0.1) is 0 Å². The van der Waals surface area contributed by atoms with Gasteiger partial charge in [0.1, 0.15) is 11.5 Å². The molecule has 0 aliphatic rings. The van der Waals surface area contributed by atoms with Gasteiger partial charge in [0.15, 0.2) is 6.61 Å². The topological polar surface area (TPSA) is 122 Å². The van der Waals surface area contributed by atoms with E-state index in [4.69, 9.17) is 32.4 Å². The molecule has 3 aromatic rings. The van der Waals surface area contributed by atoms with Gasteiger partial charge in [0.25, 0.3) is 5.91 Å². The number of rotatable bonds is 8.